The summed E-state index contributed by atoms with van der Waals surface area (Å²) in [7, 11) is 0. The smallest absolute Gasteiger partial charge is 0.336 e. The summed E-state index contributed by atoms with van der Waals surface area (Å²) in [5.41, 5.74) is -0.988. The van der Waals surface area contributed by atoms with Gasteiger partial charge in [0.1, 0.15) is 6.54 Å². The average Bonchev–Trinajstić information content (AvgIpc) is 2.82. The van der Waals surface area contributed by atoms with Gasteiger partial charge in [0.05, 0.1) is 21.5 Å². The molecule has 1 aliphatic heterocycles. The van der Waals surface area contributed by atoms with Crippen LogP contribution in [-0.2, 0) is 16.1 Å². The molecule has 0 atom stereocenters. The first-order valence-electron chi connectivity index (χ1n) is 10.3. The number of hydrogen-bond acceptors (Lipinski definition) is 6. The summed E-state index contributed by atoms with van der Waals surface area (Å²) in [4.78, 5) is 64.6. The number of piperazine rings is 1. The number of nitro groups is 1. The molecule has 0 radical (unpaired) electrons. The molecule has 3 aromatic rings. The van der Waals surface area contributed by atoms with Crippen LogP contribution in [0.2, 0.25) is 0 Å². The summed E-state index contributed by atoms with van der Waals surface area (Å²) >= 11 is 0. The lowest BCUT2D eigenvalue weighted by molar-refractivity contribution is -0.384. The zero-order valence-corrected chi connectivity index (χ0v) is 17.8. The average molecular weight is 451 g/mol. The number of fused-ring (bicyclic) bond motifs is 1. The third kappa shape index (κ3) is 4.12. The van der Waals surface area contributed by atoms with E-state index in [0.29, 0.717) is 31.7 Å². The Morgan fingerprint density at radius 1 is 0.939 bits per heavy atom. The van der Waals surface area contributed by atoms with Gasteiger partial charge >= 0.3 is 5.69 Å². The van der Waals surface area contributed by atoms with Gasteiger partial charge in [-0.25, -0.2) is 9.36 Å². The molecule has 1 aromatic heterocycles. The number of non-ortho nitro benzene ring substituents is 1. The topological polar surface area (TPSA) is 128 Å². The molecule has 0 saturated carbocycles. The van der Waals surface area contributed by atoms with Gasteiger partial charge in [0.15, 0.2) is 0 Å². The predicted molar refractivity (Wildman–Crippen MR) is 119 cm³/mol. The third-order valence-electron chi connectivity index (χ3n) is 5.74. The molecule has 2 aromatic carbocycles. The monoisotopic (exact) mass is 451 g/mol. The van der Waals surface area contributed by atoms with Crippen molar-refractivity contribution in [1.82, 2.24) is 18.9 Å². The molecule has 0 aliphatic carbocycles. The second-order valence-corrected chi connectivity index (χ2v) is 7.69. The lowest BCUT2D eigenvalue weighted by atomic mass is 10.2. The summed E-state index contributed by atoms with van der Waals surface area (Å²) in [6.45, 7) is 2.73. The minimum Gasteiger partial charge on any atom is -0.339 e. The third-order valence-corrected chi connectivity index (χ3v) is 5.74. The molecule has 2 amide bonds. The highest BCUT2D eigenvalue weighted by Gasteiger charge is 2.24. The Morgan fingerprint density at radius 2 is 1.55 bits per heavy atom. The van der Waals surface area contributed by atoms with Crippen molar-refractivity contribution in [1.29, 1.82) is 0 Å². The fourth-order valence-corrected chi connectivity index (χ4v) is 3.93. The van der Waals surface area contributed by atoms with Crippen LogP contribution >= 0.6 is 0 Å². The molecule has 1 fully saturated rings. The fraction of sp³-hybridized carbons (Fsp3) is 0.273. The number of carbonyl (C=O) groups excluding carboxylic acids is 2. The van der Waals surface area contributed by atoms with Crippen molar-refractivity contribution >= 4 is 28.4 Å². The molecular weight excluding hydrogens is 430 g/mol. The first kappa shape index (κ1) is 21.9. The lowest BCUT2D eigenvalue weighted by Gasteiger charge is -2.34. The highest BCUT2D eigenvalue weighted by atomic mass is 16.6. The van der Waals surface area contributed by atoms with Crippen LogP contribution in [0.3, 0.4) is 0 Å². The maximum absolute atomic E-state index is 13.4. The number of aromatic nitrogens is 2. The maximum atomic E-state index is 13.4. The molecule has 0 spiro atoms. The van der Waals surface area contributed by atoms with E-state index in [-0.39, 0.29) is 35.1 Å². The molecule has 0 unspecified atom stereocenters. The van der Waals surface area contributed by atoms with Gasteiger partial charge in [-0.2, -0.15) is 0 Å². The Hall–Kier alpha value is -4.28. The van der Waals surface area contributed by atoms with Gasteiger partial charge in [0, 0.05) is 45.2 Å². The Morgan fingerprint density at radius 3 is 2.15 bits per heavy atom. The fourth-order valence-electron chi connectivity index (χ4n) is 3.93. The number of amides is 2. The molecule has 11 nitrogen and oxygen atoms in total. The molecule has 4 rings (SSSR count). The largest absolute Gasteiger partial charge is 0.339 e. The molecule has 170 valence electrons. The Balaban J connectivity index is 1.75. The number of nitrogens with zero attached hydrogens (tertiary/aromatic N) is 5. The van der Waals surface area contributed by atoms with Crippen molar-refractivity contribution in [2.75, 3.05) is 26.2 Å². The van der Waals surface area contributed by atoms with Gasteiger partial charge in [-0.3, -0.25) is 29.1 Å². The standard InChI is InChI=1S/C22H21N5O6/c1-15(28)23-10-12-24(13-11-23)20(29)14-25-19-5-3-2-4-18(19)21(30)26(22(25)31)16-6-8-17(9-7-16)27(32)33/h2-9H,10-14H2,1H3. The second-order valence-electron chi connectivity index (χ2n) is 7.69. The van der Waals surface area contributed by atoms with Crippen LogP contribution in [-0.4, -0.2) is 61.9 Å². The number of carbonyl (C=O) groups is 2. The second kappa shape index (κ2) is 8.69. The van der Waals surface area contributed by atoms with Crippen LogP contribution in [0.5, 0.6) is 0 Å². The van der Waals surface area contributed by atoms with Crippen LogP contribution < -0.4 is 11.2 Å². The zero-order chi connectivity index (χ0) is 23.7. The van der Waals surface area contributed by atoms with Gasteiger partial charge in [-0.05, 0) is 24.3 Å². The highest BCUT2D eigenvalue weighted by molar-refractivity contribution is 5.82. The number of nitro benzene ring substituents is 1. The number of rotatable bonds is 4. The maximum Gasteiger partial charge on any atom is 0.336 e. The molecule has 33 heavy (non-hydrogen) atoms. The summed E-state index contributed by atoms with van der Waals surface area (Å²) in [6.07, 6.45) is 0. The summed E-state index contributed by atoms with van der Waals surface area (Å²) in [6, 6.07) is 11.5. The van der Waals surface area contributed by atoms with Crippen LogP contribution in [0.25, 0.3) is 16.6 Å². The van der Waals surface area contributed by atoms with E-state index < -0.39 is 16.2 Å². The lowest BCUT2D eigenvalue weighted by Crippen LogP contribution is -2.51. The Bertz CT molecular complexity index is 1370. The van der Waals surface area contributed by atoms with Crippen molar-refractivity contribution in [2.24, 2.45) is 0 Å². The van der Waals surface area contributed by atoms with Crippen molar-refractivity contribution in [3.8, 4) is 5.69 Å². The van der Waals surface area contributed by atoms with Crippen LogP contribution in [0.4, 0.5) is 5.69 Å². The van der Waals surface area contributed by atoms with Crippen molar-refractivity contribution in [2.45, 2.75) is 13.5 Å². The van der Waals surface area contributed by atoms with Crippen LogP contribution in [0, 0.1) is 10.1 Å². The summed E-state index contributed by atoms with van der Waals surface area (Å²) < 4.78 is 2.14. The van der Waals surface area contributed by atoms with Crippen molar-refractivity contribution in [3.63, 3.8) is 0 Å². The minimum absolute atomic E-state index is 0.0560. The highest BCUT2D eigenvalue weighted by Crippen LogP contribution is 2.15. The predicted octanol–water partition coefficient (Wildman–Crippen LogP) is 0.751. The molecule has 11 heteroatoms. The van der Waals surface area contributed by atoms with Gasteiger partial charge < -0.3 is 9.80 Å². The number of hydrogen-bond donors (Lipinski definition) is 0. The van der Waals surface area contributed by atoms with Crippen LogP contribution in [0.15, 0.2) is 58.1 Å². The van der Waals surface area contributed by atoms with Gasteiger partial charge in [-0.15, -0.1) is 0 Å². The Labute approximate surface area is 187 Å². The summed E-state index contributed by atoms with van der Waals surface area (Å²) in [5.74, 6) is -0.362. The number of para-hydroxylation sites is 1. The molecular formula is C22H21N5O6. The zero-order valence-electron chi connectivity index (χ0n) is 17.8. The molecule has 0 N–H and O–H groups in total. The van der Waals surface area contributed by atoms with E-state index in [1.54, 1.807) is 34.1 Å². The normalized spacial score (nSPS) is 13.8. The molecule has 1 aliphatic rings. The molecule has 1 saturated heterocycles. The van der Waals surface area contributed by atoms with E-state index in [2.05, 4.69) is 0 Å². The van der Waals surface area contributed by atoms with Gasteiger partial charge in [0.25, 0.3) is 11.2 Å². The van der Waals surface area contributed by atoms with E-state index in [9.17, 15) is 29.3 Å². The molecule has 2 heterocycles. The first-order chi connectivity index (χ1) is 15.8. The Kier molecular flexibility index (Phi) is 5.78. The SMILES string of the molecule is CC(=O)N1CCN(C(=O)Cn2c(=O)n(-c3ccc([N+](=O)[O-])cc3)c(=O)c3ccccc32)CC1. The van der Waals surface area contributed by atoms with Crippen molar-refractivity contribution in [3.05, 3.63) is 79.5 Å². The molecule has 0 bridgehead atoms. The first-order valence-corrected chi connectivity index (χ1v) is 10.3. The van der Waals surface area contributed by atoms with E-state index in [0.717, 1.165) is 4.57 Å². The van der Waals surface area contributed by atoms with E-state index >= 15 is 0 Å². The summed E-state index contributed by atoms with van der Waals surface area (Å²) in [5, 5.41) is 11.2. The quantitative estimate of drug-likeness (QED) is 0.425. The van der Waals surface area contributed by atoms with Crippen molar-refractivity contribution < 1.29 is 14.5 Å². The van der Waals surface area contributed by atoms with E-state index in [1.807, 2.05) is 0 Å². The van der Waals surface area contributed by atoms with Crippen LogP contribution in [0.1, 0.15) is 6.92 Å². The van der Waals surface area contributed by atoms with E-state index in [4.69, 9.17) is 0 Å². The van der Waals surface area contributed by atoms with Gasteiger partial charge in [-0.1, -0.05) is 12.1 Å². The van der Waals surface area contributed by atoms with E-state index in [1.165, 1.54) is 35.8 Å². The van der Waals surface area contributed by atoms with Gasteiger partial charge in [0.2, 0.25) is 11.8 Å². The number of benzene rings is 2. The minimum atomic E-state index is -0.719.